The molecule has 194 valence electrons. The fourth-order valence-electron chi connectivity index (χ4n) is 4.23. The molecule has 2 atom stereocenters. The van der Waals surface area contributed by atoms with Gasteiger partial charge in [0.15, 0.2) is 0 Å². The number of nitrogens with two attached hydrogens (primary N) is 1. The highest BCUT2D eigenvalue weighted by Gasteiger charge is 2.47. The van der Waals surface area contributed by atoms with Gasteiger partial charge in [-0.05, 0) is 68.0 Å². The molecule has 2 unspecified atom stereocenters. The number of unbranched alkanes of at least 4 members (excludes halogenated alkanes) is 1. The smallest absolute Gasteiger partial charge is 0.404 e. The number of hydroxylamine groups is 1. The molecule has 10 nitrogen and oxygen atoms in total. The van der Waals surface area contributed by atoms with Crippen molar-refractivity contribution in [1.29, 1.82) is 0 Å². The minimum Gasteiger partial charge on any atom is -0.489 e. The molecule has 0 spiro atoms. The number of ether oxygens (including phenoxy) is 2. The third kappa shape index (κ3) is 6.77. The summed E-state index contributed by atoms with van der Waals surface area (Å²) in [7, 11) is 0. The monoisotopic (exact) mass is 538 g/mol. The number of carbonyl (C=O) groups excluding carboxylic acids is 3. The standard InChI is InChI=1S/C24H28Cl2N4O6/c1-24(16-5-7-17(8-6-16)36-14-15-12-19(25)28-20(26)13-15)9-10-30(22(24)32)18(21(31)29-34)4-2-3-11-35-23(27)33/h5-8,12-13,18,34H,2-4,9-11,14H2,1H3,(H2,27,33)(H,29,31). The van der Waals surface area contributed by atoms with E-state index in [2.05, 4.69) is 4.98 Å². The highest BCUT2D eigenvalue weighted by Crippen LogP contribution is 2.38. The van der Waals surface area contributed by atoms with E-state index in [0.29, 0.717) is 38.0 Å². The summed E-state index contributed by atoms with van der Waals surface area (Å²) in [5, 5.41) is 9.77. The molecule has 0 bridgehead atoms. The third-order valence-corrected chi connectivity index (χ3v) is 6.60. The topological polar surface area (TPSA) is 144 Å². The zero-order valence-corrected chi connectivity index (χ0v) is 21.2. The van der Waals surface area contributed by atoms with E-state index < -0.39 is 23.5 Å². The van der Waals surface area contributed by atoms with Crippen LogP contribution in [0, 0.1) is 0 Å². The van der Waals surface area contributed by atoms with Crippen LogP contribution in [-0.4, -0.2) is 52.2 Å². The summed E-state index contributed by atoms with van der Waals surface area (Å²) in [5.41, 5.74) is 7.31. The van der Waals surface area contributed by atoms with E-state index in [-0.39, 0.29) is 29.4 Å². The van der Waals surface area contributed by atoms with Gasteiger partial charge < -0.3 is 20.1 Å². The molecule has 1 aromatic carbocycles. The Bertz CT molecular complexity index is 1080. The number of primary amides is 1. The van der Waals surface area contributed by atoms with Gasteiger partial charge in [0.05, 0.1) is 12.0 Å². The van der Waals surface area contributed by atoms with Crippen molar-refractivity contribution >= 4 is 41.1 Å². The summed E-state index contributed by atoms with van der Waals surface area (Å²) in [5.74, 6) is -0.271. The number of hydrogen-bond donors (Lipinski definition) is 3. The van der Waals surface area contributed by atoms with Crippen LogP contribution in [-0.2, 0) is 26.3 Å². The summed E-state index contributed by atoms with van der Waals surface area (Å²) >= 11 is 11.8. The zero-order chi connectivity index (χ0) is 26.3. The van der Waals surface area contributed by atoms with Crippen LogP contribution in [0.1, 0.15) is 43.7 Å². The SMILES string of the molecule is CC1(c2ccc(OCc3cc(Cl)nc(Cl)c3)cc2)CCN(C(CCCCOC(N)=O)C(=O)NO)C1=O. The molecular weight excluding hydrogens is 511 g/mol. The van der Waals surface area contributed by atoms with Gasteiger partial charge in [-0.1, -0.05) is 35.3 Å². The van der Waals surface area contributed by atoms with Crippen molar-refractivity contribution in [1.82, 2.24) is 15.4 Å². The summed E-state index contributed by atoms with van der Waals surface area (Å²) in [6.45, 7) is 2.55. The molecule has 0 saturated carbocycles. The first kappa shape index (κ1) is 27.5. The molecule has 0 aliphatic carbocycles. The van der Waals surface area contributed by atoms with E-state index >= 15 is 0 Å². The molecule has 1 fully saturated rings. The summed E-state index contributed by atoms with van der Waals surface area (Å²) in [4.78, 5) is 41.9. The highest BCUT2D eigenvalue weighted by atomic mass is 35.5. The number of amides is 3. The number of aromatic nitrogens is 1. The van der Waals surface area contributed by atoms with Crippen molar-refractivity contribution in [3.63, 3.8) is 0 Å². The lowest BCUT2D eigenvalue weighted by molar-refractivity contribution is -0.144. The average Bonchev–Trinajstić information content (AvgIpc) is 3.14. The summed E-state index contributed by atoms with van der Waals surface area (Å²) in [6, 6.07) is 9.68. The first-order valence-electron chi connectivity index (χ1n) is 11.4. The van der Waals surface area contributed by atoms with Gasteiger partial charge in [-0.25, -0.2) is 15.3 Å². The van der Waals surface area contributed by atoms with Crippen LogP contribution in [0.3, 0.4) is 0 Å². The van der Waals surface area contributed by atoms with E-state index in [4.69, 9.17) is 38.4 Å². The number of rotatable bonds is 11. The largest absolute Gasteiger partial charge is 0.489 e. The molecule has 4 N–H and O–H groups in total. The van der Waals surface area contributed by atoms with E-state index in [1.807, 2.05) is 19.1 Å². The highest BCUT2D eigenvalue weighted by molar-refractivity contribution is 6.32. The molecule has 36 heavy (non-hydrogen) atoms. The van der Waals surface area contributed by atoms with E-state index in [0.717, 1.165) is 11.1 Å². The molecule has 1 saturated heterocycles. The average molecular weight is 539 g/mol. The minimum atomic E-state index is -0.868. The van der Waals surface area contributed by atoms with Crippen LogP contribution >= 0.6 is 23.2 Å². The Morgan fingerprint density at radius 1 is 1.22 bits per heavy atom. The van der Waals surface area contributed by atoms with Gasteiger partial charge in [-0.2, -0.15) is 0 Å². The number of nitrogens with zero attached hydrogens (tertiary/aromatic N) is 2. The summed E-state index contributed by atoms with van der Waals surface area (Å²) in [6.07, 6.45) is 0.891. The molecule has 1 aliphatic rings. The van der Waals surface area contributed by atoms with E-state index in [1.54, 1.807) is 29.7 Å². The van der Waals surface area contributed by atoms with Gasteiger partial charge in [0, 0.05) is 6.54 Å². The lowest BCUT2D eigenvalue weighted by Crippen LogP contribution is -2.49. The zero-order valence-electron chi connectivity index (χ0n) is 19.7. The van der Waals surface area contributed by atoms with Gasteiger partial charge in [0.25, 0.3) is 5.91 Å². The summed E-state index contributed by atoms with van der Waals surface area (Å²) < 4.78 is 10.5. The van der Waals surface area contributed by atoms with Crippen LogP contribution in [0.4, 0.5) is 4.79 Å². The predicted octanol–water partition coefficient (Wildman–Crippen LogP) is 3.60. The fourth-order valence-corrected chi connectivity index (χ4v) is 4.74. The first-order valence-corrected chi connectivity index (χ1v) is 12.1. The molecule has 12 heteroatoms. The first-order chi connectivity index (χ1) is 17.1. The minimum absolute atomic E-state index is 0.115. The predicted molar refractivity (Wildman–Crippen MR) is 132 cm³/mol. The van der Waals surface area contributed by atoms with Crippen molar-refractivity contribution in [2.45, 2.75) is 50.7 Å². The Balaban J connectivity index is 1.64. The van der Waals surface area contributed by atoms with Crippen LogP contribution in [0.2, 0.25) is 10.3 Å². The number of likely N-dealkylation sites (tertiary alicyclic amines) is 1. The lowest BCUT2D eigenvalue weighted by atomic mass is 9.81. The maximum absolute atomic E-state index is 13.4. The van der Waals surface area contributed by atoms with E-state index in [9.17, 15) is 19.6 Å². The van der Waals surface area contributed by atoms with Gasteiger partial charge >= 0.3 is 6.09 Å². The number of halogens is 2. The van der Waals surface area contributed by atoms with Crippen molar-refractivity contribution in [2.75, 3.05) is 13.2 Å². The third-order valence-electron chi connectivity index (χ3n) is 6.21. The van der Waals surface area contributed by atoms with Crippen LogP contribution in [0.15, 0.2) is 36.4 Å². The molecule has 2 aromatic rings. The second kappa shape index (κ2) is 12.2. The molecule has 1 aromatic heterocycles. The quantitative estimate of drug-likeness (QED) is 0.171. The van der Waals surface area contributed by atoms with E-state index in [1.165, 1.54) is 4.90 Å². The Morgan fingerprint density at radius 3 is 2.50 bits per heavy atom. The van der Waals surface area contributed by atoms with Gasteiger partial charge in [-0.15, -0.1) is 0 Å². The molecule has 3 amide bonds. The van der Waals surface area contributed by atoms with Gasteiger partial charge in [-0.3, -0.25) is 14.8 Å². The molecule has 1 aliphatic heterocycles. The van der Waals surface area contributed by atoms with Crippen LogP contribution < -0.4 is 16.0 Å². The number of benzene rings is 1. The molecular formula is C24H28Cl2N4O6. The van der Waals surface area contributed by atoms with Crippen LogP contribution in [0.5, 0.6) is 5.75 Å². The Kier molecular flexibility index (Phi) is 9.36. The number of hydrogen-bond acceptors (Lipinski definition) is 7. The number of pyridine rings is 1. The molecule has 0 radical (unpaired) electrons. The second-order valence-electron chi connectivity index (χ2n) is 8.67. The second-order valence-corrected chi connectivity index (χ2v) is 9.44. The molecule has 3 rings (SSSR count). The molecule has 2 heterocycles. The normalized spacial score (nSPS) is 18.1. The van der Waals surface area contributed by atoms with Gasteiger partial charge in [0.1, 0.15) is 28.7 Å². The number of carbonyl (C=O) groups is 3. The number of nitrogens with one attached hydrogen (secondary N) is 1. The Labute approximate surface area is 218 Å². The van der Waals surface area contributed by atoms with Crippen LogP contribution in [0.25, 0.3) is 0 Å². The Morgan fingerprint density at radius 2 is 1.89 bits per heavy atom. The maximum Gasteiger partial charge on any atom is 0.404 e. The van der Waals surface area contributed by atoms with Crippen molar-refractivity contribution in [3.05, 3.63) is 57.8 Å². The van der Waals surface area contributed by atoms with Crippen molar-refractivity contribution in [3.8, 4) is 5.75 Å². The maximum atomic E-state index is 13.4. The Hall–Kier alpha value is -3.08. The van der Waals surface area contributed by atoms with Gasteiger partial charge in [0.2, 0.25) is 5.91 Å². The van der Waals surface area contributed by atoms with Crippen molar-refractivity contribution in [2.24, 2.45) is 5.73 Å². The van der Waals surface area contributed by atoms with Crippen molar-refractivity contribution < 1.29 is 29.1 Å². The fraction of sp³-hybridized carbons (Fsp3) is 0.417. The lowest BCUT2D eigenvalue weighted by Gasteiger charge is -2.29.